The minimum Gasteiger partial charge on any atom is -0.495 e. The standard InChI is InChI=1S/C12H18N2O3S/c1-16-5-6-18-8-12(15)14-10-7-9(13)3-4-11(10)17-2/h3-4,7H,5-6,8,13H2,1-2H3,(H,14,15). The molecule has 0 bridgehead atoms. The van der Waals surface area contributed by atoms with Gasteiger partial charge in [-0.2, -0.15) is 0 Å². The molecule has 0 radical (unpaired) electrons. The number of carbonyl (C=O) groups is 1. The van der Waals surface area contributed by atoms with E-state index >= 15 is 0 Å². The fourth-order valence-electron chi connectivity index (χ4n) is 1.32. The summed E-state index contributed by atoms with van der Waals surface area (Å²) < 4.78 is 10.1. The van der Waals surface area contributed by atoms with Crippen molar-refractivity contribution in [2.24, 2.45) is 0 Å². The van der Waals surface area contributed by atoms with Crippen molar-refractivity contribution < 1.29 is 14.3 Å². The maximum absolute atomic E-state index is 11.7. The monoisotopic (exact) mass is 270 g/mol. The lowest BCUT2D eigenvalue weighted by molar-refractivity contribution is -0.113. The van der Waals surface area contributed by atoms with Crippen molar-refractivity contribution in [3.05, 3.63) is 18.2 Å². The van der Waals surface area contributed by atoms with Gasteiger partial charge < -0.3 is 20.5 Å². The number of ether oxygens (including phenoxy) is 2. The largest absolute Gasteiger partial charge is 0.495 e. The van der Waals surface area contributed by atoms with Gasteiger partial charge in [0.15, 0.2) is 0 Å². The maximum atomic E-state index is 11.7. The van der Waals surface area contributed by atoms with Gasteiger partial charge in [0.05, 0.1) is 25.2 Å². The number of thioether (sulfide) groups is 1. The number of anilines is 2. The number of methoxy groups -OCH3 is 2. The van der Waals surface area contributed by atoms with Crippen LogP contribution in [0.25, 0.3) is 0 Å². The molecule has 6 heteroatoms. The highest BCUT2D eigenvalue weighted by Gasteiger charge is 2.07. The molecule has 0 aromatic heterocycles. The molecule has 3 N–H and O–H groups in total. The smallest absolute Gasteiger partial charge is 0.234 e. The summed E-state index contributed by atoms with van der Waals surface area (Å²) in [6.07, 6.45) is 0. The summed E-state index contributed by atoms with van der Waals surface area (Å²) in [6, 6.07) is 5.13. The third kappa shape index (κ3) is 4.85. The van der Waals surface area contributed by atoms with Crippen LogP contribution in [0.2, 0.25) is 0 Å². The second kappa shape index (κ2) is 7.84. The number of nitrogen functional groups attached to an aromatic ring is 1. The lowest BCUT2D eigenvalue weighted by Gasteiger charge is -2.10. The molecule has 0 spiro atoms. The molecule has 0 saturated heterocycles. The second-order valence-corrected chi connectivity index (χ2v) is 4.66. The molecule has 1 aromatic carbocycles. The van der Waals surface area contributed by atoms with Gasteiger partial charge in [0.1, 0.15) is 5.75 Å². The van der Waals surface area contributed by atoms with Crippen molar-refractivity contribution in [1.82, 2.24) is 0 Å². The van der Waals surface area contributed by atoms with Gasteiger partial charge in [0, 0.05) is 18.6 Å². The Labute approximate surface area is 111 Å². The fraction of sp³-hybridized carbons (Fsp3) is 0.417. The molecular formula is C12H18N2O3S. The van der Waals surface area contributed by atoms with E-state index < -0.39 is 0 Å². The van der Waals surface area contributed by atoms with E-state index in [9.17, 15) is 4.79 Å². The molecule has 1 amide bonds. The van der Waals surface area contributed by atoms with E-state index in [4.69, 9.17) is 15.2 Å². The third-order valence-corrected chi connectivity index (χ3v) is 3.08. The van der Waals surface area contributed by atoms with Gasteiger partial charge in [-0.25, -0.2) is 0 Å². The minimum atomic E-state index is -0.0833. The quantitative estimate of drug-likeness (QED) is 0.581. The fourth-order valence-corrected chi connectivity index (χ4v) is 2.00. The maximum Gasteiger partial charge on any atom is 0.234 e. The number of benzene rings is 1. The molecule has 0 aliphatic rings. The Morgan fingerprint density at radius 3 is 2.89 bits per heavy atom. The summed E-state index contributed by atoms with van der Waals surface area (Å²) in [5.74, 6) is 1.68. The Morgan fingerprint density at radius 1 is 1.44 bits per heavy atom. The highest BCUT2D eigenvalue weighted by molar-refractivity contribution is 7.99. The average Bonchev–Trinajstić information content (AvgIpc) is 2.35. The molecule has 0 fully saturated rings. The first-order valence-corrected chi connectivity index (χ1v) is 6.63. The molecule has 5 nitrogen and oxygen atoms in total. The minimum absolute atomic E-state index is 0.0833. The van der Waals surface area contributed by atoms with Crippen molar-refractivity contribution >= 4 is 29.0 Å². The lowest BCUT2D eigenvalue weighted by Crippen LogP contribution is -2.15. The Hall–Kier alpha value is -1.40. The van der Waals surface area contributed by atoms with E-state index in [2.05, 4.69) is 5.32 Å². The van der Waals surface area contributed by atoms with Gasteiger partial charge in [0.25, 0.3) is 0 Å². The van der Waals surface area contributed by atoms with E-state index in [1.54, 1.807) is 32.4 Å². The van der Waals surface area contributed by atoms with E-state index in [-0.39, 0.29) is 5.91 Å². The molecule has 1 aromatic rings. The third-order valence-electron chi connectivity index (χ3n) is 2.16. The summed E-state index contributed by atoms with van der Waals surface area (Å²) in [7, 11) is 3.19. The number of nitrogens with two attached hydrogens (primary N) is 1. The van der Waals surface area contributed by atoms with Crippen molar-refractivity contribution in [2.75, 3.05) is 43.4 Å². The number of hydrogen-bond donors (Lipinski definition) is 2. The molecule has 0 saturated carbocycles. The highest BCUT2D eigenvalue weighted by Crippen LogP contribution is 2.26. The second-order valence-electron chi connectivity index (χ2n) is 3.55. The summed E-state index contributed by atoms with van der Waals surface area (Å²) in [6.45, 7) is 0.638. The molecule has 0 aliphatic heterocycles. The van der Waals surface area contributed by atoms with Crippen LogP contribution in [-0.4, -0.2) is 38.2 Å². The highest BCUT2D eigenvalue weighted by atomic mass is 32.2. The Kier molecular flexibility index (Phi) is 6.38. The molecular weight excluding hydrogens is 252 g/mol. The van der Waals surface area contributed by atoms with E-state index in [0.717, 1.165) is 5.75 Å². The predicted molar refractivity (Wildman–Crippen MR) is 75.2 cm³/mol. The van der Waals surface area contributed by atoms with Crippen LogP contribution in [0, 0.1) is 0 Å². The van der Waals surface area contributed by atoms with Crippen LogP contribution in [-0.2, 0) is 9.53 Å². The molecule has 100 valence electrons. The molecule has 1 rings (SSSR count). The summed E-state index contributed by atoms with van der Waals surface area (Å²) >= 11 is 1.51. The molecule has 0 heterocycles. The zero-order valence-corrected chi connectivity index (χ0v) is 11.4. The number of amides is 1. The summed E-state index contributed by atoms with van der Waals surface area (Å²) in [4.78, 5) is 11.7. The lowest BCUT2D eigenvalue weighted by atomic mass is 10.2. The normalized spacial score (nSPS) is 10.1. The number of rotatable bonds is 7. The molecule has 0 aliphatic carbocycles. The van der Waals surface area contributed by atoms with Crippen LogP contribution < -0.4 is 15.8 Å². The summed E-state index contributed by atoms with van der Waals surface area (Å²) in [5.41, 5.74) is 6.84. The zero-order chi connectivity index (χ0) is 13.4. The van der Waals surface area contributed by atoms with Crippen LogP contribution in [0.15, 0.2) is 18.2 Å². The topological polar surface area (TPSA) is 73.6 Å². The van der Waals surface area contributed by atoms with Crippen LogP contribution >= 0.6 is 11.8 Å². The molecule has 0 atom stereocenters. The van der Waals surface area contributed by atoms with Gasteiger partial charge in [0.2, 0.25) is 5.91 Å². The van der Waals surface area contributed by atoms with Gasteiger partial charge in [-0.3, -0.25) is 4.79 Å². The van der Waals surface area contributed by atoms with Crippen molar-refractivity contribution in [1.29, 1.82) is 0 Å². The Bertz CT molecular complexity index is 399. The van der Waals surface area contributed by atoms with Crippen LogP contribution in [0.5, 0.6) is 5.75 Å². The molecule has 18 heavy (non-hydrogen) atoms. The number of carbonyl (C=O) groups excluding carboxylic acids is 1. The average molecular weight is 270 g/mol. The SMILES string of the molecule is COCCSCC(=O)Nc1cc(N)ccc1OC. The van der Waals surface area contributed by atoms with Crippen LogP contribution in [0.3, 0.4) is 0 Å². The van der Waals surface area contributed by atoms with Crippen molar-refractivity contribution in [2.45, 2.75) is 0 Å². The predicted octanol–water partition coefficient (Wildman–Crippen LogP) is 1.60. The van der Waals surface area contributed by atoms with Gasteiger partial charge in [-0.05, 0) is 18.2 Å². The first-order valence-electron chi connectivity index (χ1n) is 5.47. The zero-order valence-electron chi connectivity index (χ0n) is 10.6. The molecule has 0 unspecified atom stereocenters. The number of nitrogens with one attached hydrogen (secondary N) is 1. The van der Waals surface area contributed by atoms with E-state index in [1.165, 1.54) is 11.8 Å². The van der Waals surface area contributed by atoms with Gasteiger partial charge in [-0.1, -0.05) is 0 Å². The Balaban J connectivity index is 2.50. The Morgan fingerprint density at radius 2 is 2.22 bits per heavy atom. The summed E-state index contributed by atoms with van der Waals surface area (Å²) in [5, 5.41) is 2.77. The van der Waals surface area contributed by atoms with Crippen molar-refractivity contribution in [3.8, 4) is 5.75 Å². The van der Waals surface area contributed by atoms with E-state index in [0.29, 0.717) is 29.5 Å². The van der Waals surface area contributed by atoms with Gasteiger partial charge in [-0.15, -0.1) is 11.8 Å². The van der Waals surface area contributed by atoms with E-state index in [1.807, 2.05) is 0 Å². The van der Waals surface area contributed by atoms with Crippen molar-refractivity contribution in [3.63, 3.8) is 0 Å². The van der Waals surface area contributed by atoms with Crippen LogP contribution in [0.4, 0.5) is 11.4 Å². The van der Waals surface area contributed by atoms with Gasteiger partial charge >= 0.3 is 0 Å². The first kappa shape index (κ1) is 14.7. The van der Waals surface area contributed by atoms with Crippen LogP contribution in [0.1, 0.15) is 0 Å². The number of hydrogen-bond acceptors (Lipinski definition) is 5. The first-order chi connectivity index (χ1) is 8.67.